The van der Waals surface area contributed by atoms with Crippen molar-refractivity contribution < 1.29 is 9.22 Å². The fourth-order valence-electron chi connectivity index (χ4n) is 1.13. The van der Waals surface area contributed by atoms with E-state index in [9.17, 15) is 4.79 Å². The molecule has 94 valence electrons. The van der Waals surface area contributed by atoms with Crippen LogP contribution >= 0.6 is 11.6 Å². The van der Waals surface area contributed by atoms with Gasteiger partial charge in [-0.1, -0.05) is 38.4 Å². The lowest BCUT2D eigenvalue weighted by atomic mass is 10.2. The lowest BCUT2D eigenvalue weighted by Crippen LogP contribution is -2.44. The molecule has 1 rings (SSSR count). The average Bonchev–Trinajstić information content (AvgIpc) is 2.19. The summed E-state index contributed by atoms with van der Waals surface area (Å²) in [6.07, 6.45) is 0.786. The van der Waals surface area contributed by atoms with Gasteiger partial charge in [-0.15, -0.1) is 0 Å². The molecule has 0 saturated carbocycles. The van der Waals surface area contributed by atoms with Gasteiger partial charge in [-0.05, 0) is 30.3 Å². The van der Waals surface area contributed by atoms with Gasteiger partial charge in [0.1, 0.15) is 5.75 Å². The highest BCUT2D eigenvalue weighted by Crippen LogP contribution is 2.40. The quantitative estimate of drug-likeness (QED) is 0.596. The summed E-state index contributed by atoms with van der Waals surface area (Å²) < 4.78 is 6.09. The monoisotopic (exact) mass is 270 g/mol. The summed E-state index contributed by atoms with van der Waals surface area (Å²) >= 11 is 6.10. The molecule has 0 saturated heterocycles. The normalized spacial score (nSPS) is 12.4. The van der Waals surface area contributed by atoms with E-state index in [1.165, 1.54) is 0 Å². The van der Waals surface area contributed by atoms with E-state index in [1.54, 1.807) is 18.2 Å². The maximum atomic E-state index is 11.0. The first-order chi connectivity index (χ1) is 7.69. The van der Waals surface area contributed by atoms with Crippen molar-refractivity contribution in [1.82, 2.24) is 0 Å². The molecular formula is C13H19ClO2Si. The molecule has 0 aromatic heterocycles. The molecular weight excluding hydrogens is 252 g/mol. The molecule has 17 heavy (non-hydrogen) atoms. The van der Waals surface area contributed by atoms with Crippen molar-refractivity contribution in [3.8, 4) is 5.75 Å². The highest BCUT2D eigenvalue weighted by molar-refractivity contribution is 6.74. The molecule has 1 aromatic rings. The highest BCUT2D eigenvalue weighted by atomic mass is 35.5. The second-order valence-electron chi connectivity index (χ2n) is 5.64. The fraction of sp³-hybridized carbons (Fsp3) is 0.462. The molecule has 1 aromatic carbocycles. The van der Waals surface area contributed by atoms with E-state index < -0.39 is 8.32 Å². The Kier molecular flexibility index (Phi) is 4.05. The summed E-state index contributed by atoms with van der Waals surface area (Å²) in [4.78, 5) is 11.0. The summed E-state index contributed by atoms with van der Waals surface area (Å²) in [5.41, 5.74) is 0.516. The lowest BCUT2D eigenvalue weighted by Gasteiger charge is -2.37. The zero-order valence-electron chi connectivity index (χ0n) is 11.0. The molecule has 0 amide bonds. The average molecular weight is 271 g/mol. The maximum Gasteiger partial charge on any atom is 0.250 e. The summed E-state index contributed by atoms with van der Waals surface area (Å²) in [5, 5.41) is 0.575. The third-order valence-corrected chi connectivity index (χ3v) is 7.91. The standard InChI is InChI=1S/C13H19ClO2Si/c1-13(2,3)17(4,5)16-12-10(9-15)7-6-8-11(12)14/h6-9H,1-5H3. The molecule has 0 N–H and O–H groups in total. The van der Waals surface area contributed by atoms with Gasteiger partial charge in [0, 0.05) is 0 Å². The van der Waals surface area contributed by atoms with Crippen molar-refractivity contribution in [2.75, 3.05) is 0 Å². The first-order valence-corrected chi connectivity index (χ1v) is 8.90. The molecule has 0 heterocycles. The minimum Gasteiger partial charge on any atom is -0.542 e. The van der Waals surface area contributed by atoms with E-state index in [0.29, 0.717) is 16.3 Å². The molecule has 0 bridgehead atoms. The van der Waals surface area contributed by atoms with E-state index >= 15 is 0 Å². The topological polar surface area (TPSA) is 26.3 Å². The zero-order valence-corrected chi connectivity index (χ0v) is 12.8. The summed E-state index contributed by atoms with van der Waals surface area (Å²) in [7, 11) is -1.97. The predicted molar refractivity (Wildman–Crippen MR) is 74.7 cm³/mol. The van der Waals surface area contributed by atoms with Crippen molar-refractivity contribution in [2.24, 2.45) is 0 Å². The molecule has 0 aliphatic rings. The van der Waals surface area contributed by atoms with Gasteiger partial charge in [0.15, 0.2) is 6.29 Å². The van der Waals surface area contributed by atoms with Crippen molar-refractivity contribution in [3.05, 3.63) is 28.8 Å². The number of para-hydroxylation sites is 1. The van der Waals surface area contributed by atoms with E-state index in [0.717, 1.165) is 6.29 Å². The first-order valence-electron chi connectivity index (χ1n) is 5.62. The molecule has 0 spiro atoms. The number of carbonyl (C=O) groups is 1. The lowest BCUT2D eigenvalue weighted by molar-refractivity contribution is 0.112. The third kappa shape index (κ3) is 3.10. The van der Waals surface area contributed by atoms with Gasteiger partial charge in [0.2, 0.25) is 0 Å². The smallest absolute Gasteiger partial charge is 0.250 e. The molecule has 0 unspecified atom stereocenters. The predicted octanol–water partition coefficient (Wildman–Crippen LogP) is 4.54. The minimum absolute atomic E-state index is 0.0757. The first kappa shape index (κ1) is 14.3. The Morgan fingerprint density at radius 2 is 1.88 bits per heavy atom. The molecule has 0 radical (unpaired) electrons. The number of benzene rings is 1. The molecule has 4 heteroatoms. The van der Waals surface area contributed by atoms with Gasteiger partial charge in [-0.25, -0.2) is 0 Å². The zero-order chi connectivity index (χ0) is 13.3. The van der Waals surface area contributed by atoms with Crippen LogP contribution in [0.2, 0.25) is 23.2 Å². The van der Waals surface area contributed by atoms with Crippen LogP contribution in [0.1, 0.15) is 31.1 Å². The van der Waals surface area contributed by atoms with Crippen LogP contribution in [0.25, 0.3) is 0 Å². The summed E-state index contributed by atoms with van der Waals surface area (Å²) in [5.74, 6) is 0.524. The van der Waals surface area contributed by atoms with Crippen LogP contribution in [0.4, 0.5) is 0 Å². The highest BCUT2D eigenvalue weighted by Gasteiger charge is 2.39. The second-order valence-corrected chi connectivity index (χ2v) is 10.8. The van der Waals surface area contributed by atoms with E-state index in [-0.39, 0.29) is 5.04 Å². The van der Waals surface area contributed by atoms with Gasteiger partial charge in [0.25, 0.3) is 8.32 Å². The second kappa shape index (κ2) is 4.82. The van der Waals surface area contributed by atoms with E-state index in [1.807, 2.05) is 0 Å². The van der Waals surface area contributed by atoms with Gasteiger partial charge >= 0.3 is 0 Å². The van der Waals surface area contributed by atoms with Crippen LogP contribution in [-0.2, 0) is 0 Å². The van der Waals surface area contributed by atoms with E-state index in [4.69, 9.17) is 16.0 Å². The number of carbonyl (C=O) groups excluding carboxylic acids is 1. The van der Waals surface area contributed by atoms with Crippen LogP contribution < -0.4 is 4.43 Å². The van der Waals surface area contributed by atoms with Gasteiger partial charge < -0.3 is 4.43 Å². The third-order valence-electron chi connectivity index (χ3n) is 3.29. The Morgan fingerprint density at radius 3 is 2.35 bits per heavy atom. The van der Waals surface area contributed by atoms with Crippen molar-refractivity contribution in [3.63, 3.8) is 0 Å². The molecule has 0 aliphatic carbocycles. The number of aldehydes is 1. The number of halogens is 1. The number of hydrogen-bond donors (Lipinski definition) is 0. The van der Waals surface area contributed by atoms with Crippen LogP contribution in [0.3, 0.4) is 0 Å². The van der Waals surface area contributed by atoms with Crippen LogP contribution in [0, 0.1) is 0 Å². The van der Waals surface area contributed by atoms with Gasteiger partial charge in [-0.3, -0.25) is 4.79 Å². The van der Waals surface area contributed by atoms with Gasteiger partial charge in [-0.2, -0.15) is 0 Å². The summed E-state index contributed by atoms with van der Waals surface area (Å²) in [6.45, 7) is 10.7. The maximum absolute atomic E-state index is 11.0. The minimum atomic E-state index is -1.97. The molecule has 0 atom stereocenters. The Hall–Kier alpha value is -0.803. The fourth-order valence-corrected chi connectivity index (χ4v) is 2.46. The molecule has 0 fully saturated rings. The SMILES string of the molecule is CC(C)(C)[Si](C)(C)Oc1c(Cl)cccc1C=O. The van der Waals surface area contributed by atoms with Gasteiger partial charge in [0.05, 0.1) is 10.6 Å². The van der Waals surface area contributed by atoms with E-state index in [2.05, 4.69) is 33.9 Å². The Labute approximate surface area is 109 Å². The Morgan fingerprint density at radius 1 is 1.29 bits per heavy atom. The van der Waals surface area contributed by atoms with Crippen molar-refractivity contribution in [1.29, 1.82) is 0 Å². The Bertz CT molecular complexity index is 422. The van der Waals surface area contributed by atoms with Crippen molar-refractivity contribution in [2.45, 2.75) is 38.9 Å². The largest absolute Gasteiger partial charge is 0.542 e. The molecule has 0 aliphatic heterocycles. The summed E-state index contributed by atoms with van der Waals surface area (Å²) in [6, 6.07) is 5.23. The molecule has 2 nitrogen and oxygen atoms in total. The van der Waals surface area contributed by atoms with Crippen molar-refractivity contribution >= 4 is 26.2 Å². The number of rotatable bonds is 3. The number of hydrogen-bond acceptors (Lipinski definition) is 2. The Balaban J connectivity index is 3.15. The van der Waals surface area contributed by atoms with Crippen LogP contribution in [-0.4, -0.2) is 14.6 Å². The van der Waals surface area contributed by atoms with Crippen LogP contribution in [0.5, 0.6) is 5.75 Å². The van der Waals surface area contributed by atoms with Crippen LogP contribution in [0.15, 0.2) is 18.2 Å².